The molecular formula is C9H13N3O2. The fraction of sp³-hybridized carbons (Fsp3) is 0.556. The van der Waals surface area contributed by atoms with Crippen LogP contribution in [0.25, 0.3) is 0 Å². The molecule has 14 heavy (non-hydrogen) atoms. The van der Waals surface area contributed by atoms with Crippen molar-refractivity contribution in [3.63, 3.8) is 0 Å². The summed E-state index contributed by atoms with van der Waals surface area (Å²) in [6.07, 6.45) is 4.69. The van der Waals surface area contributed by atoms with E-state index >= 15 is 0 Å². The highest BCUT2D eigenvalue weighted by Crippen LogP contribution is 2.20. The van der Waals surface area contributed by atoms with Gasteiger partial charge < -0.3 is 10.0 Å². The molecule has 1 aliphatic rings. The zero-order chi connectivity index (χ0) is 9.97. The van der Waals surface area contributed by atoms with Crippen molar-refractivity contribution in [1.82, 2.24) is 14.7 Å². The second kappa shape index (κ2) is 3.69. The SMILES string of the molecule is O=C(O)N1CCCC(n2cccn2)C1. The van der Waals surface area contributed by atoms with Crippen LogP contribution >= 0.6 is 0 Å². The van der Waals surface area contributed by atoms with E-state index in [2.05, 4.69) is 5.10 Å². The monoisotopic (exact) mass is 195 g/mol. The molecule has 2 heterocycles. The number of rotatable bonds is 1. The van der Waals surface area contributed by atoms with Crippen LogP contribution in [-0.2, 0) is 0 Å². The highest BCUT2D eigenvalue weighted by Gasteiger charge is 2.24. The van der Waals surface area contributed by atoms with Gasteiger partial charge in [-0.2, -0.15) is 5.10 Å². The van der Waals surface area contributed by atoms with Crippen LogP contribution in [0.5, 0.6) is 0 Å². The van der Waals surface area contributed by atoms with E-state index in [1.807, 2.05) is 16.9 Å². The van der Waals surface area contributed by atoms with E-state index < -0.39 is 6.09 Å². The summed E-state index contributed by atoms with van der Waals surface area (Å²) in [6, 6.07) is 2.06. The highest BCUT2D eigenvalue weighted by atomic mass is 16.4. The molecule has 1 aliphatic heterocycles. The second-order valence-electron chi connectivity index (χ2n) is 3.51. The Morgan fingerprint density at radius 1 is 1.57 bits per heavy atom. The lowest BCUT2D eigenvalue weighted by molar-refractivity contribution is 0.119. The minimum absolute atomic E-state index is 0.204. The first kappa shape index (κ1) is 9.05. The van der Waals surface area contributed by atoms with Crippen molar-refractivity contribution < 1.29 is 9.90 Å². The normalized spacial score (nSPS) is 22.3. The molecule has 1 aromatic heterocycles. The number of carboxylic acid groups (broad SMARTS) is 1. The lowest BCUT2D eigenvalue weighted by Crippen LogP contribution is -2.39. The third-order valence-electron chi connectivity index (χ3n) is 2.57. The second-order valence-corrected chi connectivity index (χ2v) is 3.51. The minimum atomic E-state index is -0.832. The number of amides is 1. The number of likely N-dealkylation sites (tertiary alicyclic amines) is 1. The molecular weight excluding hydrogens is 182 g/mol. The van der Waals surface area contributed by atoms with Crippen LogP contribution in [0.4, 0.5) is 4.79 Å². The molecule has 1 saturated heterocycles. The smallest absolute Gasteiger partial charge is 0.407 e. The minimum Gasteiger partial charge on any atom is -0.465 e. The number of aromatic nitrogens is 2. The average molecular weight is 195 g/mol. The molecule has 0 aliphatic carbocycles. The summed E-state index contributed by atoms with van der Waals surface area (Å²) in [5, 5.41) is 13.0. The molecule has 0 radical (unpaired) electrons. The lowest BCUT2D eigenvalue weighted by atomic mass is 10.1. The maximum Gasteiger partial charge on any atom is 0.407 e. The van der Waals surface area contributed by atoms with Gasteiger partial charge in [0.1, 0.15) is 0 Å². The van der Waals surface area contributed by atoms with Gasteiger partial charge in [0.05, 0.1) is 6.04 Å². The number of nitrogens with zero attached hydrogens (tertiary/aromatic N) is 3. The molecule has 0 bridgehead atoms. The van der Waals surface area contributed by atoms with E-state index in [1.165, 1.54) is 4.90 Å². The van der Waals surface area contributed by atoms with Gasteiger partial charge in [-0.25, -0.2) is 4.79 Å². The summed E-state index contributed by atoms with van der Waals surface area (Å²) in [5.41, 5.74) is 0. The molecule has 0 saturated carbocycles. The quantitative estimate of drug-likeness (QED) is 0.732. The zero-order valence-electron chi connectivity index (χ0n) is 7.83. The third-order valence-corrected chi connectivity index (χ3v) is 2.57. The number of carbonyl (C=O) groups is 1. The highest BCUT2D eigenvalue weighted by molar-refractivity contribution is 5.65. The van der Waals surface area contributed by atoms with Crippen molar-refractivity contribution in [3.8, 4) is 0 Å². The van der Waals surface area contributed by atoms with Crippen LogP contribution in [0.15, 0.2) is 18.5 Å². The standard InChI is InChI=1S/C9H13N3O2/c13-9(14)11-5-1-3-8(7-11)12-6-2-4-10-12/h2,4,6,8H,1,3,5,7H2,(H,13,14). The van der Waals surface area contributed by atoms with Crippen molar-refractivity contribution >= 4 is 6.09 Å². The number of hydrogen-bond donors (Lipinski definition) is 1. The van der Waals surface area contributed by atoms with Gasteiger partial charge in [0, 0.05) is 25.5 Å². The van der Waals surface area contributed by atoms with Crippen molar-refractivity contribution in [1.29, 1.82) is 0 Å². The molecule has 1 amide bonds. The molecule has 5 nitrogen and oxygen atoms in total. The molecule has 76 valence electrons. The summed E-state index contributed by atoms with van der Waals surface area (Å²) in [6.45, 7) is 1.20. The van der Waals surface area contributed by atoms with Gasteiger partial charge in [0.2, 0.25) is 0 Å². The molecule has 1 aromatic rings. The Bertz CT molecular complexity index is 310. The Labute approximate surface area is 81.9 Å². The maximum absolute atomic E-state index is 10.8. The molecule has 1 atom stereocenters. The van der Waals surface area contributed by atoms with Gasteiger partial charge in [0.25, 0.3) is 0 Å². The van der Waals surface area contributed by atoms with E-state index in [1.54, 1.807) is 6.20 Å². The molecule has 5 heteroatoms. The van der Waals surface area contributed by atoms with Gasteiger partial charge in [0.15, 0.2) is 0 Å². The predicted octanol–water partition coefficient (Wildman–Crippen LogP) is 1.20. The summed E-state index contributed by atoms with van der Waals surface area (Å²) in [4.78, 5) is 12.2. The van der Waals surface area contributed by atoms with Crippen LogP contribution in [0, 0.1) is 0 Å². The van der Waals surface area contributed by atoms with Crippen LogP contribution < -0.4 is 0 Å². The van der Waals surface area contributed by atoms with Crippen molar-refractivity contribution in [2.24, 2.45) is 0 Å². The first-order chi connectivity index (χ1) is 6.77. The topological polar surface area (TPSA) is 58.4 Å². The average Bonchev–Trinajstić information content (AvgIpc) is 2.71. The maximum atomic E-state index is 10.8. The summed E-state index contributed by atoms with van der Waals surface area (Å²) < 4.78 is 1.84. The van der Waals surface area contributed by atoms with Crippen LogP contribution in [0.2, 0.25) is 0 Å². The van der Waals surface area contributed by atoms with Crippen LogP contribution in [0.3, 0.4) is 0 Å². The Balaban J connectivity index is 2.04. The molecule has 1 N–H and O–H groups in total. The largest absolute Gasteiger partial charge is 0.465 e. The molecule has 1 unspecified atom stereocenters. The van der Waals surface area contributed by atoms with Gasteiger partial charge in [-0.05, 0) is 18.9 Å². The van der Waals surface area contributed by atoms with E-state index in [-0.39, 0.29) is 6.04 Å². The predicted molar refractivity (Wildman–Crippen MR) is 50.1 cm³/mol. The summed E-state index contributed by atoms with van der Waals surface area (Å²) in [5.74, 6) is 0. The number of piperidine rings is 1. The van der Waals surface area contributed by atoms with Crippen LogP contribution in [0.1, 0.15) is 18.9 Å². The van der Waals surface area contributed by atoms with Crippen LogP contribution in [-0.4, -0.2) is 39.0 Å². The van der Waals surface area contributed by atoms with Crippen molar-refractivity contribution in [3.05, 3.63) is 18.5 Å². The van der Waals surface area contributed by atoms with Gasteiger partial charge in [-0.15, -0.1) is 0 Å². The zero-order valence-corrected chi connectivity index (χ0v) is 7.83. The Kier molecular flexibility index (Phi) is 2.39. The Morgan fingerprint density at radius 3 is 3.07 bits per heavy atom. The van der Waals surface area contributed by atoms with E-state index in [4.69, 9.17) is 5.11 Å². The molecule has 0 aromatic carbocycles. The van der Waals surface area contributed by atoms with Crippen molar-refractivity contribution in [2.75, 3.05) is 13.1 Å². The van der Waals surface area contributed by atoms with Gasteiger partial charge in [-0.1, -0.05) is 0 Å². The van der Waals surface area contributed by atoms with Gasteiger partial charge >= 0.3 is 6.09 Å². The first-order valence-electron chi connectivity index (χ1n) is 4.74. The summed E-state index contributed by atoms with van der Waals surface area (Å²) >= 11 is 0. The van der Waals surface area contributed by atoms with Gasteiger partial charge in [-0.3, -0.25) is 4.68 Å². The molecule has 1 fully saturated rings. The fourth-order valence-electron chi connectivity index (χ4n) is 1.84. The third kappa shape index (κ3) is 1.71. The van der Waals surface area contributed by atoms with E-state index in [0.717, 1.165) is 12.8 Å². The molecule has 2 rings (SSSR count). The number of hydrogen-bond acceptors (Lipinski definition) is 2. The van der Waals surface area contributed by atoms with E-state index in [0.29, 0.717) is 13.1 Å². The fourth-order valence-corrected chi connectivity index (χ4v) is 1.84. The summed E-state index contributed by atoms with van der Waals surface area (Å²) in [7, 11) is 0. The first-order valence-corrected chi connectivity index (χ1v) is 4.74. The molecule has 0 spiro atoms. The lowest BCUT2D eigenvalue weighted by Gasteiger charge is -2.30. The van der Waals surface area contributed by atoms with Crippen molar-refractivity contribution in [2.45, 2.75) is 18.9 Å². The Morgan fingerprint density at radius 2 is 2.43 bits per heavy atom. The van der Waals surface area contributed by atoms with E-state index in [9.17, 15) is 4.79 Å². The Hall–Kier alpha value is -1.52.